The van der Waals surface area contributed by atoms with Gasteiger partial charge in [-0.05, 0) is 31.7 Å². The van der Waals surface area contributed by atoms with Crippen molar-refractivity contribution in [3.63, 3.8) is 0 Å². The molecule has 9 nitrogen and oxygen atoms in total. The molecule has 0 aliphatic rings. The average Bonchev–Trinajstić information content (AvgIpc) is 3.03. The molecule has 1 aromatic carbocycles. The maximum Gasteiger partial charge on any atom is 0.341 e. The van der Waals surface area contributed by atoms with Gasteiger partial charge in [0.25, 0.3) is 15.9 Å². The molecule has 0 saturated carbocycles. The van der Waals surface area contributed by atoms with E-state index in [1.807, 2.05) is 0 Å². The summed E-state index contributed by atoms with van der Waals surface area (Å²) >= 11 is 0. The van der Waals surface area contributed by atoms with E-state index in [1.165, 1.54) is 24.9 Å². The third kappa shape index (κ3) is 5.08. The van der Waals surface area contributed by atoms with Crippen molar-refractivity contribution in [3.8, 4) is 5.75 Å². The number of amides is 1. The Hall–Kier alpha value is -2.85. The predicted molar refractivity (Wildman–Crippen MR) is 95.1 cm³/mol. The van der Waals surface area contributed by atoms with Crippen LogP contribution in [-0.2, 0) is 21.4 Å². The highest BCUT2D eigenvalue weighted by Gasteiger charge is 2.24. The summed E-state index contributed by atoms with van der Waals surface area (Å²) in [7, 11) is -0.944. The number of sulfonamides is 1. The Morgan fingerprint density at radius 3 is 2.44 bits per heavy atom. The van der Waals surface area contributed by atoms with Crippen LogP contribution in [0.15, 0.2) is 39.8 Å². The quantitative estimate of drug-likeness (QED) is 0.687. The van der Waals surface area contributed by atoms with Crippen LogP contribution < -0.4 is 9.46 Å². The first kappa shape index (κ1) is 20.5. The molecule has 0 aliphatic heterocycles. The fraction of sp³-hybridized carbons (Fsp3) is 0.294. The van der Waals surface area contributed by atoms with Gasteiger partial charge in [0.15, 0.2) is 6.61 Å². The molecule has 10 heteroatoms. The number of rotatable bonds is 8. The summed E-state index contributed by atoms with van der Waals surface area (Å²) in [6.45, 7) is 1.34. The number of benzene rings is 1. The third-order valence-electron chi connectivity index (χ3n) is 3.71. The molecule has 1 aromatic heterocycles. The predicted octanol–water partition coefficient (Wildman–Crippen LogP) is 1.23. The lowest BCUT2D eigenvalue weighted by molar-refractivity contribution is -0.139. The number of aliphatic carboxylic acids is 1. The lowest BCUT2D eigenvalue weighted by atomic mass is 10.2. The van der Waals surface area contributed by atoms with Gasteiger partial charge in [-0.2, -0.15) is 0 Å². The minimum atomic E-state index is -3.78. The molecule has 27 heavy (non-hydrogen) atoms. The van der Waals surface area contributed by atoms with E-state index in [1.54, 1.807) is 31.3 Å². The smallest absolute Gasteiger partial charge is 0.341 e. The Balaban J connectivity index is 2.09. The van der Waals surface area contributed by atoms with E-state index in [4.69, 9.17) is 14.3 Å². The van der Waals surface area contributed by atoms with Crippen molar-refractivity contribution in [2.45, 2.75) is 18.6 Å². The molecule has 0 aliphatic carbocycles. The van der Waals surface area contributed by atoms with Crippen LogP contribution in [0.2, 0.25) is 0 Å². The topological polar surface area (TPSA) is 126 Å². The van der Waals surface area contributed by atoms with Gasteiger partial charge in [-0.15, -0.1) is 0 Å². The SMILES string of the molecule is CNS(=O)(=O)c1cc(C(=O)N(C)Cc2ccc(OCC(=O)O)cc2)c(C)o1. The lowest BCUT2D eigenvalue weighted by Crippen LogP contribution is -2.26. The van der Waals surface area contributed by atoms with Gasteiger partial charge in [-0.1, -0.05) is 12.1 Å². The number of carbonyl (C=O) groups is 2. The molecule has 146 valence electrons. The maximum absolute atomic E-state index is 12.6. The first-order valence-corrected chi connectivity index (χ1v) is 9.35. The van der Waals surface area contributed by atoms with E-state index < -0.39 is 22.6 Å². The molecule has 2 rings (SSSR count). The zero-order valence-electron chi connectivity index (χ0n) is 15.1. The highest BCUT2D eigenvalue weighted by atomic mass is 32.2. The van der Waals surface area contributed by atoms with E-state index in [0.717, 1.165) is 5.56 Å². The van der Waals surface area contributed by atoms with Crippen LogP contribution in [0.1, 0.15) is 21.7 Å². The van der Waals surface area contributed by atoms with Crippen molar-refractivity contribution in [3.05, 3.63) is 47.2 Å². The fourth-order valence-electron chi connectivity index (χ4n) is 2.29. The van der Waals surface area contributed by atoms with Gasteiger partial charge >= 0.3 is 5.97 Å². The second kappa shape index (κ2) is 8.23. The Morgan fingerprint density at radius 2 is 1.89 bits per heavy atom. The van der Waals surface area contributed by atoms with Crippen LogP contribution in [0.4, 0.5) is 0 Å². The minimum Gasteiger partial charge on any atom is -0.482 e. The van der Waals surface area contributed by atoms with E-state index >= 15 is 0 Å². The van der Waals surface area contributed by atoms with Crippen molar-refractivity contribution in [1.29, 1.82) is 0 Å². The summed E-state index contributed by atoms with van der Waals surface area (Å²) in [6.07, 6.45) is 0. The van der Waals surface area contributed by atoms with Crippen molar-refractivity contribution < 1.29 is 32.3 Å². The molecule has 2 N–H and O–H groups in total. The van der Waals surface area contributed by atoms with Crippen molar-refractivity contribution in [1.82, 2.24) is 9.62 Å². The van der Waals surface area contributed by atoms with Gasteiger partial charge in [0.2, 0.25) is 5.09 Å². The zero-order valence-corrected chi connectivity index (χ0v) is 15.9. The number of nitrogens with one attached hydrogen (secondary N) is 1. The second-order valence-corrected chi connectivity index (χ2v) is 7.55. The Morgan fingerprint density at radius 1 is 1.26 bits per heavy atom. The van der Waals surface area contributed by atoms with E-state index in [2.05, 4.69) is 4.72 Å². The first-order valence-electron chi connectivity index (χ1n) is 7.87. The fourth-order valence-corrected chi connectivity index (χ4v) is 3.00. The summed E-state index contributed by atoms with van der Waals surface area (Å²) in [5, 5.41) is 8.27. The molecular formula is C17H20N2O7S. The van der Waals surface area contributed by atoms with Gasteiger partial charge in [0.1, 0.15) is 11.5 Å². The summed E-state index contributed by atoms with van der Waals surface area (Å²) in [5.41, 5.74) is 0.950. The van der Waals surface area contributed by atoms with Crippen LogP contribution >= 0.6 is 0 Å². The van der Waals surface area contributed by atoms with Crippen molar-refractivity contribution in [2.24, 2.45) is 0 Å². The maximum atomic E-state index is 12.6. The van der Waals surface area contributed by atoms with E-state index in [0.29, 0.717) is 5.75 Å². The van der Waals surface area contributed by atoms with E-state index in [9.17, 15) is 18.0 Å². The highest BCUT2D eigenvalue weighted by molar-refractivity contribution is 7.89. The Bertz CT molecular complexity index is 933. The molecule has 0 unspecified atom stereocenters. The number of carbonyl (C=O) groups excluding carboxylic acids is 1. The number of ether oxygens (including phenoxy) is 1. The number of hydrogen-bond acceptors (Lipinski definition) is 6. The van der Waals surface area contributed by atoms with Crippen LogP contribution in [0.5, 0.6) is 5.75 Å². The molecule has 1 heterocycles. The number of carboxylic acid groups (broad SMARTS) is 1. The summed E-state index contributed by atoms with van der Waals surface area (Å²) in [5.74, 6) is -0.847. The molecule has 1 amide bonds. The number of nitrogens with zero attached hydrogens (tertiary/aromatic N) is 1. The number of furan rings is 1. The van der Waals surface area contributed by atoms with Gasteiger partial charge in [-0.3, -0.25) is 4.79 Å². The Labute approximate surface area is 156 Å². The van der Waals surface area contributed by atoms with Crippen molar-refractivity contribution in [2.75, 3.05) is 20.7 Å². The largest absolute Gasteiger partial charge is 0.482 e. The summed E-state index contributed by atoms with van der Waals surface area (Å²) in [6, 6.07) is 7.83. The van der Waals surface area contributed by atoms with Gasteiger partial charge in [-0.25, -0.2) is 17.9 Å². The standard InChI is InChI=1S/C17H20N2O7S/c1-11-14(8-16(26-11)27(23,24)18-2)17(22)19(3)9-12-4-6-13(7-5-12)25-10-15(20)21/h4-8,18H,9-10H2,1-3H3,(H,20,21). The summed E-state index contributed by atoms with van der Waals surface area (Å²) < 4.78 is 36.0. The molecular weight excluding hydrogens is 376 g/mol. The second-order valence-electron chi connectivity index (χ2n) is 5.73. The number of aryl methyl sites for hydroxylation is 1. The zero-order chi connectivity index (χ0) is 20.2. The Kier molecular flexibility index (Phi) is 6.24. The number of carboxylic acids is 1. The summed E-state index contributed by atoms with van der Waals surface area (Å²) in [4.78, 5) is 24.5. The molecule has 0 radical (unpaired) electrons. The third-order valence-corrected chi connectivity index (χ3v) is 4.98. The molecule has 0 bridgehead atoms. The minimum absolute atomic E-state index is 0.160. The van der Waals surface area contributed by atoms with Crippen LogP contribution in [0.25, 0.3) is 0 Å². The number of hydrogen-bond donors (Lipinski definition) is 2. The molecule has 2 aromatic rings. The molecule has 0 spiro atoms. The van der Waals surface area contributed by atoms with Gasteiger partial charge in [0, 0.05) is 19.7 Å². The first-order chi connectivity index (χ1) is 12.6. The van der Waals surface area contributed by atoms with Crippen LogP contribution in [0.3, 0.4) is 0 Å². The highest BCUT2D eigenvalue weighted by Crippen LogP contribution is 2.21. The molecule has 0 saturated heterocycles. The molecule has 0 atom stereocenters. The molecule has 0 fully saturated rings. The van der Waals surface area contributed by atoms with Gasteiger partial charge < -0.3 is 19.2 Å². The van der Waals surface area contributed by atoms with Crippen molar-refractivity contribution >= 4 is 21.9 Å². The monoisotopic (exact) mass is 396 g/mol. The van der Waals surface area contributed by atoms with Gasteiger partial charge in [0.05, 0.1) is 5.56 Å². The van der Waals surface area contributed by atoms with Crippen LogP contribution in [0, 0.1) is 6.92 Å². The lowest BCUT2D eigenvalue weighted by Gasteiger charge is -2.17. The average molecular weight is 396 g/mol. The normalized spacial score (nSPS) is 11.2. The van der Waals surface area contributed by atoms with E-state index in [-0.39, 0.29) is 28.9 Å². The van der Waals surface area contributed by atoms with Crippen LogP contribution in [-0.4, -0.2) is 51.0 Å².